The average Bonchev–Trinajstić information content (AvgIpc) is 2.96. The third-order valence-electron chi connectivity index (χ3n) is 1.81. The molecule has 0 aromatic rings. The van der Waals surface area contributed by atoms with E-state index in [1.165, 1.54) is 19.1 Å². The molecule has 0 saturated heterocycles. The molecular formula is C9H17N5. The molecule has 1 rings (SSSR count). The van der Waals surface area contributed by atoms with Gasteiger partial charge >= 0.3 is 0 Å². The maximum atomic E-state index is 7.14. The zero-order valence-electron chi connectivity index (χ0n) is 8.38. The number of nitrogens with one attached hydrogen (secondary N) is 3. The van der Waals surface area contributed by atoms with Crippen LogP contribution in [0.1, 0.15) is 19.8 Å². The number of aliphatic imine (C=N–C) groups is 1. The van der Waals surface area contributed by atoms with E-state index in [4.69, 9.17) is 11.1 Å². The molecule has 5 heteroatoms. The van der Waals surface area contributed by atoms with Gasteiger partial charge in [0.2, 0.25) is 0 Å². The molecule has 0 radical (unpaired) electrons. The molecule has 0 bridgehead atoms. The Morgan fingerprint density at radius 1 is 1.64 bits per heavy atom. The highest BCUT2D eigenvalue weighted by molar-refractivity contribution is 5.87. The minimum Gasteiger partial charge on any atom is -0.386 e. The normalized spacial score (nSPS) is 17.8. The van der Waals surface area contributed by atoms with Crippen LogP contribution >= 0.6 is 0 Å². The molecule has 0 spiro atoms. The zero-order chi connectivity index (χ0) is 10.4. The molecule has 1 saturated carbocycles. The second kappa shape index (κ2) is 5.26. The van der Waals surface area contributed by atoms with Crippen molar-refractivity contribution in [2.45, 2.75) is 25.8 Å². The van der Waals surface area contributed by atoms with E-state index < -0.39 is 0 Å². The van der Waals surface area contributed by atoms with E-state index in [1.54, 1.807) is 6.20 Å². The van der Waals surface area contributed by atoms with E-state index in [9.17, 15) is 0 Å². The highest BCUT2D eigenvalue weighted by atomic mass is 15.1. The van der Waals surface area contributed by atoms with Crippen molar-refractivity contribution < 1.29 is 0 Å². The minimum absolute atomic E-state index is 0.347. The van der Waals surface area contributed by atoms with Gasteiger partial charge in [0.1, 0.15) is 0 Å². The third kappa shape index (κ3) is 3.93. The first-order valence-electron chi connectivity index (χ1n) is 4.80. The van der Waals surface area contributed by atoms with E-state index in [1.807, 2.05) is 6.92 Å². The summed E-state index contributed by atoms with van der Waals surface area (Å²) >= 11 is 0. The molecule has 1 aliphatic rings. The molecule has 0 amide bonds. The van der Waals surface area contributed by atoms with Crippen LogP contribution in [0.25, 0.3) is 0 Å². The molecule has 0 aromatic heterocycles. The summed E-state index contributed by atoms with van der Waals surface area (Å²) in [6.45, 7) is 2.55. The summed E-state index contributed by atoms with van der Waals surface area (Å²) in [5.74, 6) is 0.347. The maximum Gasteiger partial charge on any atom is 0.193 e. The molecule has 0 unspecified atom stereocenters. The van der Waals surface area contributed by atoms with E-state index in [2.05, 4.69) is 15.6 Å². The van der Waals surface area contributed by atoms with Gasteiger partial charge in [-0.2, -0.15) is 0 Å². The van der Waals surface area contributed by atoms with Gasteiger partial charge in [0.15, 0.2) is 5.96 Å². The summed E-state index contributed by atoms with van der Waals surface area (Å²) in [6, 6.07) is 0.580. The maximum absolute atomic E-state index is 7.14. The summed E-state index contributed by atoms with van der Waals surface area (Å²) in [5, 5.41) is 13.1. The highest BCUT2D eigenvalue weighted by Crippen LogP contribution is 2.18. The Balaban J connectivity index is 2.39. The van der Waals surface area contributed by atoms with Crippen molar-refractivity contribution >= 4 is 12.2 Å². The van der Waals surface area contributed by atoms with Crippen molar-refractivity contribution in [2.24, 2.45) is 10.7 Å². The number of allylic oxidation sites excluding steroid dienone is 1. The fourth-order valence-corrected chi connectivity index (χ4v) is 0.929. The van der Waals surface area contributed by atoms with E-state index in [0.717, 1.165) is 0 Å². The fourth-order valence-electron chi connectivity index (χ4n) is 0.929. The molecule has 78 valence electrons. The van der Waals surface area contributed by atoms with Crippen molar-refractivity contribution in [3.63, 3.8) is 0 Å². The van der Waals surface area contributed by atoms with Gasteiger partial charge in [-0.3, -0.25) is 4.99 Å². The van der Waals surface area contributed by atoms with Crippen LogP contribution < -0.4 is 16.4 Å². The smallest absolute Gasteiger partial charge is 0.193 e. The highest BCUT2D eigenvalue weighted by Gasteiger charge is 2.19. The van der Waals surface area contributed by atoms with Gasteiger partial charge in [0.05, 0.1) is 5.70 Å². The van der Waals surface area contributed by atoms with E-state index >= 15 is 0 Å². The monoisotopic (exact) mass is 195 g/mol. The predicted octanol–water partition coefficient (Wildman–Crippen LogP) is 0.154. The Hall–Kier alpha value is -1.52. The van der Waals surface area contributed by atoms with Crippen LogP contribution in [0.15, 0.2) is 16.9 Å². The third-order valence-corrected chi connectivity index (χ3v) is 1.81. The Labute approximate surface area is 84.0 Å². The van der Waals surface area contributed by atoms with Gasteiger partial charge in [-0.1, -0.05) is 0 Å². The number of hydrogen-bond donors (Lipinski definition) is 4. The summed E-state index contributed by atoms with van der Waals surface area (Å²) in [6.07, 6.45) is 5.40. The Morgan fingerprint density at radius 3 is 2.86 bits per heavy atom. The number of nitrogens with zero attached hydrogens (tertiary/aromatic N) is 1. The molecule has 5 N–H and O–H groups in total. The first-order chi connectivity index (χ1) is 6.76. The van der Waals surface area contributed by atoms with Crippen LogP contribution in [0.4, 0.5) is 0 Å². The summed E-state index contributed by atoms with van der Waals surface area (Å²) in [5.41, 5.74) is 6.18. The van der Waals surface area contributed by atoms with Gasteiger partial charge in [0, 0.05) is 25.0 Å². The van der Waals surface area contributed by atoms with Crippen molar-refractivity contribution in [3.05, 3.63) is 11.9 Å². The summed E-state index contributed by atoms with van der Waals surface area (Å²) in [4.78, 5) is 3.97. The van der Waals surface area contributed by atoms with Crippen LogP contribution in [-0.4, -0.2) is 24.8 Å². The lowest BCUT2D eigenvalue weighted by molar-refractivity contribution is 0.851. The number of rotatable bonds is 5. The van der Waals surface area contributed by atoms with Crippen LogP contribution in [0.2, 0.25) is 0 Å². The second-order valence-corrected chi connectivity index (χ2v) is 3.17. The number of nitrogens with two attached hydrogens (primary N) is 1. The van der Waals surface area contributed by atoms with Crippen molar-refractivity contribution in [1.29, 1.82) is 5.41 Å². The van der Waals surface area contributed by atoms with E-state index in [0.29, 0.717) is 24.2 Å². The molecule has 5 nitrogen and oxygen atoms in total. The van der Waals surface area contributed by atoms with Crippen LogP contribution in [0, 0.1) is 5.41 Å². The number of guanidine groups is 1. The number of hydrogen-bond acceptors (Lipinski definition) is 3. The largest absolute Gasteiger partial charge is 0.386 e. The molecule has 14 heavy (non-hydrogen) atoms. The van der Waals surface area contributed by atoms with Crippen molar-refractivity contribution in [2.75, 3.05) is 6.54 Å². The summed E-state index contributed by atoms with van der Waals surface area (Å²) in [7, 11) is 0. The SMILES string of the molecule is CC/N=C(\N)N/C(C=N)=C/NC1CC1. The lowest BCUT2D eigenvalue weighted by Crippen LogP contribution is -2.32. The molecule has 0 aliphatic heterocycles. The fraction of sp³-hybridized carbons (Fsp3) is 0.556. The predicted molar refractivity (Wildman–Crippen MR) is 58.3 cm³/mol. The van der Waals surface area contributed by atoms with Gasteiger partial charge in [-0.25, -0.2) is 0 Å². The standard InChI is InChI=1S/C9H17N5/c1-2-12-9(11)14-8(5-10)6-13-7-3-4-7/h5-7,10,13H,2-4H2,1H3,(H3,11,12,14)/b8-6+,10-5?. The first-order valence-corrected chi connectivity index (χ1v) is 4.80. The quantitative estimate of drug-likeness (QED) is 0.372. The van der Waals surface area contributed by atoms with Crippen LogP contribution in [-0.2, 0) is 0 Å². The van der Waals surface area contributed by atoms with Crippen molar-refractivity contribution in [3.8, 4) is 0 Å². The molecule has 0 heterocycles. The molecular weight excluding hydrogens is 178 g/mol. The lowest BCUT2D eigenvalue weighted by atomic mass is 10.5. The van der Waals surface area contributed by atoms with Crippen molar-refractivity contribution in [1.82, 2.24) is 10.6 Å². The van der Waals surface area contributed by atoms with Gasteiger partial charge < -0.3 is 21.8 Å². The average molecular weight is 195 g/mol. The van der Waals surface area contributed by atoms with Crippen LogP contribution in [0.5, 0.6) is 0 Å². The minimum atomic E-state index is 0.347. The van der Waals surface area contributed by atoms with Gasteiger partial charge in [-0.15, -0.1) is 0 Å². The molecule has 0 aromatic carbocycles. The molecule has 0 atom stereocenters. The zero-order valence-corrected chi connectivity index (χ0v) is 8.38. The van der Waals surface area contributed by atoms with Crippen LogP contribution in [0.3, 0.4) is 0 Å². The van der Waals surface area contributed by atoms with E-state index in [-0.39, 0.29) is 0 Å². The topological polar surface area (TPSA) is 86.3 Å². The Bertz CT molecular complexity index is 252. The molecule has 1 fully saturated rings. The second-order valence-electron chi connectivity index (χ2n) is 3.17. The first kappa shape index (κ1) is 10.6. The van der Waals surface area contributed by atoms with Gasteiger partial charge in [0.25, 0.3) is 0 Å². The van der Waals surface area contributed by atoms with Gasteiger partial charge in [-0.05, 0) is 19.8 Å². The lowest BCUT2D eigenvalue weighted by Gasteiger charge is -2.05. The molecule has 1 aliphatic carbocycles. The Kier molecular flexibility index (Phi) is 3.97. The Morgan fingerprint density at radius 2 is 2.36 bits per heavy atom. The summed E-state index contributed by atoms with van der Waals surface area (Å²) < 4.78 is 0.